The Kier molecular flexibility index (Phi) is 6.74. The molecule has 0 saturated carbocycles. The Morgan fingerprint density at radius 1 is 1.25 bits per heavy atom. The molecule has 0 fully saturated rings. The zero-order chi connectivity index (χ0) is 17.5. The number of hydrogen-bond acceptors (Lipinski definition) is 5. The van der Waals surface area contributed by atoms with Crippen molar-refractivity contribution in [3.63, 3.8) is 0 Å². The molecule has 2 rings (SSSR count). The molecule has 0 bridgehead atoms. The van der Waals surface area contributed by atoms with Crippen molar-refractivity contribution in [2.75, 3.05) is 11.9 Å². The number of nitrogens with two attached hydrogens (primary N) is 1. The van der Waals surface area contributed by atoms with E-state index in [2.05, 4.69) is 35.5 Å². The first-order chi connectivity index (χ1) is 11.5. The van der Waals surface area contributed by atoms with Crippen LogP contribution in [-0.4, -0.2) is 23.5 Å². The van der Waals surface area contributed by atoms with Gasteiger partial charge in [0.05, 0.1) is 5.69 Å². The number of thiazole rings is 1. The second-order valence-electron chi connectivity index (χ2n) is 5.51. The molecule has 0 saturated heterocycles. The molecule has 0 spiro atoms. The van der Waals surface area contributed by atoms with Crippen LogP contribution < -0.4 is 16.4 Å². The van der Waals surface area contributed by atoms with Crippen LogP contribution in [-0.2, 0) is 4.79 Å². The lowest BCUT2D eigenvalue weighted by Gasteiger charge is -2.03. The number of nitrogens with zero attached hydrogens (tertiary/aromatic N) is 1. The number of amides is 3. The number of hydrogen-bond donors (Lipinski definition) is 3. The lowest BCUT2D eigenvalue weighted by Crippen LogP contribution is -2.29. The molecule has 24 heavy (non-hydrogen) atoms. The van der Waals surface area contributed by atoms with Crippen molar-refractivity contribution in [1.82, 2.24) is 10.3 Å². The molecular weight excluding hydrogens is 344 g/mol. The minimum absolute atomic E-state index is 0.0306. The average molecular weight is 367 g/mol. The van der Waals surface area contributed by atoms with Gasteiger partial charge in [-0.25, -0.2) is 9.78 Å². The second-order valence-corrected chi connectivity index (χ2v) is 7.83. The van der Waals surface area contributed by atoms with E-state index < -0.39 is 6.03 Å². The van der Waals surface area contributed by atoms with Gasteiger partial charge in [-0.2, -0.15) is 0 Å². The first kappa shape index (κ1) is 18.4. The highest BCUT2D eigenvalue weighted by Gasteiger charge is 2.11. The van der Waals surface area contributed by atoms with Crippen molar-refractivity contribution >= 4 is 39.7 Å². The Hall–Kier alpha value is -1.93. The second kappa shape index (κ2) is 8.79. The number of unbranched alkanes of at least 4 members (excludes halogenated alkanes) is 2. The monoisotopic (exact) mass is 366 g/mol. The molecule has 0 atom stereocenters. The van der Waals surface area contributed by atoms with Crippen molar-refractivity contribution in [1.29, 1.82) is 0 Å². The number of aromatic nitrogens is 1. The SMILES string of the molecule is Cc1cc(-c2csc(NC(=O)CCCCCNC(N)=O)n2)c(C)s1. The maximum atomic E-state index is 11.9. The number of primary amides is 1. The summed E-state index contributed by atoms with van der Waals surface area (Å²) < 4.78 is 0. The maximum absolute atomic E-state index is 11.9. The van der Waals surface area contributed by atoms with E-state index in [0.29, 0.717) is 18.1 Å². The van der Waals surface area contributed by atoms with E-state index in [-0.39, 0.29) is 5.91 Å². The summed E-state index contributed by atoms with van der Waals surface area (Å²) in [5.41, 5.74) is 7.02. The Bertz CT molecular complexity index is 709. The van der Waals surface area contributed by atoms with Gasteiger partial charge in [0.1, 0.15) is 0 Å². The minimum Gasteiger partial charge on any atom is -0.352 e. The van der Waals surface area contributed by atoms with E-state index >= 15 is 0 Å². The van der Waals surface area contributed by atoms with Gasteiger partial charge in [0, 0.05) is 33.7 Å². The molecule has 8 heteroatoms. The number of thiophene rings is 1. The highest BCUT2D eigenvalue weighted by Crippen LogP contribution is 2.32. The third-order valence-corrected chi connectivity index (χ3v) is 5.17. The number of anilines is 1. The van der Waals surface area contributed by atoms with Crippen LogP contribution in [0.4, 0.5) is 9.93 Å². The van der Waals surface area contributed by atoms with Crippen molar-refractivity contribution < 1.29 is 9.59 Å². The molecule has 0 unspecified atom stereocenters. The van der Waals surface area contributed by atoms with Gasteiger partial charge in [0.15, 0.2) is 5.13 Å². The van der Waals surface area contributed by atoms with Crippen molar-refractivity contribution in [3.8, 4) is 11.3 Å². The summed E-state index contributed by atoms with van der Waals surface area (Å²) in [5, 5.41) is 7.98. The number of carbonyl (C=O) groups excluding carboxylic acids is 2. The molecule has 2 heterocycles. The topological polar surface area (TPSA) is 97.1 Å². The molecular formula is C16H22N4O2S2. The molecule has 2 aromatic heterocycles. The van der Waals surface area contributed by atoms with Gasteiger partial charge in [-0.05, 0) is 32.8 Å². The number of carbonyl (C=O) groups is 2. The van der Waals surface area contributed by atoms with E-state index in [0.717, 1.165) is 30.5 Å². The molecule has 2 aromatic rings. The Morgan fingerprint density at radius 2 is 2.04 bits per heavy atom. The summed E-state index contributed by atoms with van der Waals surface area (Å²) in [7, 11) is 0. The van der Waals surface area contributed by atoms with Crippen LogP contribution in [0.2, 0.25) is 0 Å². The van der Waals surface area contributed by atoms with E-state index in [9.17, 15) is 9.59 Å². The third kappa shape index (κ3) is 5.61. The Balaban J connectivity index is 1.75. The first-order valence-corrected chi connectivity index (χ1v) is 9.51. The predicted molar refractivity (Wildman–Crippen MR) is 99.6 cm³/mol. The lowest BCUT2D eigenvalue weighted by atomic mass is 10.2. The van der Waals surface area contributed by atoms with Crippen LogP contribution in [0.3, 0.4) is 0 Å². The smallest absolute Gasteiger partial charge is 0.312 e. The van der Waals surface area contributed by atoms with Crippen LogP contribution in [0.1, 0.15) is 35.4 Å². The minimum atomic E-state index is -0.511. The molecule has 4 N–H and O–H groups in total. The molecule has 0 aromatic carbocycles. The predicted octanol–water partition coefficient (Wildman–Crippen LogP) is 3.66. The van der Waals surface area contributed by atoms with Gasteiger partial charge in [-0.15, -0.1) is 22.7 Å². The molecule has 0 radical (unpaired) electrons. The van der Waals surface area contributed by atoms with Crippen molar-refractivity contribution in [3.05, 3.63) is 21.2 Å². The quantitative estimate of drug-likeness (QED) is 0.622. The summed E-state index contributed by atoms with van der Waals surface area (Å²) in [6.45, 7) is 4.71. The summed E-state index contributed by atoms with van der Waals surface area (Å²) in [4.78, 5) is 29.4. The van der Waals surface area contributed by atoms with Crippen LogP contribution >= 0.6 is 22.7 Å². The van der Waals surface area contributed by atoms with Crippen LogP contribution in [0.25, 0.3) is 11.3 Å². The van der Waals surface area contributed by atoms with Crippen LogP contribution in [0.15, 0.2) is 11.4 Å². The van der Waals surface area contributed by atoms with Crippen LogP contribution in [0, 0.1) is 13.8 Å². The van der Waals surface area contributed by atoms with E-state index in [1.54, 1.807) is 11.3 Å². The fourth-order valence-electron chi connectivity index (χ4n) is 2.32. The zero-order valence-electron chi connectivity index (χ0n) is 13.8. The van der Waals surface area contributed by atoms with Gasteiger partial charge in [0.2, 0.25) is 5.91 Å². The summed E-state index contributed by atoms with van der Waals surface area (Å²) in [6.07, 6.45) is 2.90. The van der Waals surface area contributed by atoms with Gasteiger partial charge < -0.3 is 16.4 Å². The molecule has 6 nitrogen and oxygen atoms in total. The highest BCUT2D eigenvalue weighted by atomic mass is 32.1. The van der Waals surface area contributed by atoms with Crippen molar-refractivity contribution in [2.45, 2.75) is 39.5 Å². The summed E-state index contributed by atoms with van der Waals surface area (Å²) >= 11 is 3.19. The van der Waals surface area contributed by atoms with Gasteiger partial charge >= 0.3 is 6.03 Å². The normalized spacial score (nSPS) is 10.6. The van der Waals surface area contributed by atoms with E-state index in [1.807, 2.05) is 5.38 Å². The molecule has 0 aliphatic carbocycles. The lowest BCUT2D eigenvalue weighted by molar-refractivity contribution is -0.116. The molecule has 130 valence electrons. The molecule has 0 aliphatic rings. The van der Waals surface area contributed by atoms with Gasteiger partial charge in [-0.1, -0.05) is 6.42 Å². The Morgan fingerprint density at radius 3 is 2.71 bits per heavy atom. The molecule has 3 amide bonds. The largest absolute Gasteiger partial charge is 0.352 e. The van der Waals surface area contributed by atoms with Crippen molar-refractivity contribution in [2.24, 2.45) is 5.73 Å². The van der Waals surface area contributed by atoms with E-state index in [1.165, 1.54) is 21.1 Å². The fourth-order valence-corrected chi connectivity index (χ4v) is 3.98. The number of urea groups is 1. The van der Waals surface area contributed by atoms with Crippen LogP contribution in [0.5, 0.6) is 0 Å². The maximum Gasteiger partial charge on any atom is 0.312 e. The fraction of sp³-hybridized carbons (Fsp3) is 0.438. The number of rotatable bonds is 8. The summed E-state index contributed by atoms with van der Waals surface area (Å²) in [6, 6.07) is 1.62. The third-order valence-electron chi connectivity index (χ3n) is 3.45. The summed E-state index contributed by atoms with van der Waals surface area (Å²) in [5.74, 6) is -0.0306. The van der Waals surface area contributed by atoms with Gasteiger partial charge in [-0.3, -0.25) is 4.79 Å². The van der Waals surface area contributed by atoms with Gasteiger partial charge in [0.25, 0.3) is 0 Å². The highest BCUT2D eigenvalue weighted by molar-refractivity contribution is 7.14. The average Bonchev–Trinajstić information content (AvgIpc) is 3.08. The number of nitrogens with one attached hydrogen (secondary N) is 2. The Labute approximate surface area is 149 Å². The van der Waals surface area contributed by atoms with E-state index in [4.69, 9.17) is 5.73 Å². The first-order valence-electron chi connectivity index (χ1n) is 7.82. The molecule has 0 aliphatic heterocycles. The zero-order valence-corrected chi connectivity index (χ0v) is 15.5. The number of aryl methyl sites for hydroxylation is 2. The standard InChI is InChI=1S/C16H22N4O2S2/c1-10-8-12(11(2)24-10)13-9-23-16(19-13)20-14(21)6-4-3-5-7-18-15(17)22/h8-9H,3-7H2,1-2H3,(H3,17,18,22)(H,19,20,21).